The van der Waals surface area contributed by atoms with Crippen LogP contribution in [-0.4, -0.2) is 27.0 Å². The van der Waals surface area contributed by atoms with Gasteiger partial charge in [0.2, 0.25) is 5.62 Å². The maximum Gasteiger partial charge on any atom is 0.203 e. The van der Waals surface area contributed by atoms with Crippen molar-refractivity contribution in [3.8, 4) is 5.75 Å². The molecule has 0 radical (unpaired) electrons. The van der Waals surface area contributed by atoms with E-state index in [-0.39, 0.29) is 6.61 Å². The number of aliphatic hydroxyl groups excluding tert-OH is 1. The number of unbranched alkanes of at least 4 members (excludes halogenated alkanes) is 4. The molecule has 0 amide bonds. The van der Waals surface area contributed by atoms with E-state index < -0.39 is 6.10 Å². The molecule has 1 atom stereocenters. The fourth-order valence-electron chi connectivity index (χ4n) is 3.55. The van der Waals surface area contributed by atoms with Crippen LogP contribution in [0.15, 0.2) is 54.6 Å². The Morgan fingerprint density at radius 3 is 2.25 bits per heavy atom. The van der Waals surface area contributed by atoms with Crippen LogP contribution in [0.5, 0.6) is 5.75 Å². The molecule has 2 aromatic carbocycles. The summed E-state index contributed by atoms with van der Waals surface area (Å²) in [6, 6.07) is 17.6. The highest BCUT2D eigenvalue weighted by atomic mass is 16.5. The SMILES string of the molecule is CCCCCCCn1c(=N)n(CC(O)COc2ccccc2)c2ccccc21. The first-order chi connectivity index (χ1) is 13.7. The smallest absolute Gasteiger partial charge is 0.203 e. The van der Waals surface area contributed by atoms with E-state index in [1.54, 1.807) is 0 Å². The number of nitrogens with zero attached hydrogens (tertiary/aromatic N) is 2. The van der Waals surface area contributed by atoms with Crippen molar-refractivity contribution in [3.05, 3.63) is 60.2 Å². The van der Waals surface area contributed by atoms with Gasteiger partial charge in [-0.1, -0.05) is 62.9 Å². The average Bonchev–Trinajstić information content (AvgIpc) is 2.99. The molecule has 3 aromatic rings. The second-order valence-corrected chi connectivity index (χ2v) is 7.27. The van der Waals surface area contributed by atoms with Crippen molar-refractivity contribution in [2.24, 2.45) is 0 Å². The third-order valence-corrected chi connectivity index (χ3v) is 5.04. The molecule has 1 unspecified atom stereocenters. The van der Waals surface area contributed by atoms with E-state index in [0.717, 1.165) is 29.7 Å². The van der Waals surface area contributed by atoms with Gasteiger partial charge in [-0.25, -0.2) is 0 Å². The van der Waals surface area contributed by atoms with E-state index in [0.29, 0.717) is 12.2 Å². The number of rotatable bonds is 11. The lowest BCUT2D eigenvalue weighted by Crippen LogP contribution is -2.31. The molecule has 1 aromatic heterocycles. The molecule has 0 spiro atoms. The Morgan fingerprint density at radius 2 is 1.54 bits per heavy atom. The number of nitrogens with one attached hydrogen (secondary N) is 1. The highest BCUT2D eigenvalue weighted by molar-refractivity contribution is 5.75. The van der Waals surface area contributed by atoms with E-state index in [9.17, 15) is 5.11 Å². The molecular formula is C23H31N3O2. The Hall–Kier alpha value is -2.53. The van der Waals surface area contributed by atoms with Crippen molar-refractivity contribution in [3.63, 3.8) is 0 Å². The van der Waals surface area contributed by atoms with Crippen molar-refractivity contribution in [1.29, 1.82) is 5.41 Å². The van der Waals surface area contributed by atoms with Crippen LogP contribution in [0.2, 0.25) is 0 Å². The van der Waals surface area contributed by atoms with Crippen LogP contribution >= 0.6 is 0 Å². The largest absolute Gasteiger partial charge is 0.491 e. The van der Waals surface area contributed by atoms with Gasteiger partial charge < -0.3 is 19.0 Å². The standard InChI is InChI=1S/C23H31N3O2/c1-2-3-4-5-11-16-25-21-14-9-10-15-22(21)26(23(25)24)17-19(27)18-28-20-12-7-6-8-13-20/h6-10,12-15,19,24,27H,2-5,11,16-18H2,1H3. The molecule has 0 saturated heterocycles. The van der Waals surface area contributed by atoms with Crippen molar-refractivity contribution < 1.29 is 9.84 Å². The number of aromatic nitrogens is 2. The van der Waals surface area contributed by atoms with Crippen LogP contribution in [0.25, 0.3) is 11.0 Å². The highest BCUT2D eigenvalue weighted by Gasteiger charge is 2.14. The van der Waals surface area contributed by atoms with Crippen LogP contribution in [0.4, 0.5) is 0 Å². The molecule has 3 rings (SSSR count). The molecule has 5 heteroatoms. The van der Waals surface area contributed by atoms with Gasteiger partial charge in [0.05, 0.1) is 17.6 Å². The monoisotopic (exact) mass is 381 g/mol. The normalized spacial score (nSPS) is 12.4. The summed E-state index contributed by atoms with van der Waals surface area (Å²) in [6.07, 6.45) is 5.33. The number of fused-ring (bicyclic) bond motifs is 1. The molecule has 0 bridgehead atoms. The Morgan fingerprint density at radius 1 is 0.893 bits per heavy atom. The minimum atomic E-state index is -0.682. The molecular weight excluding hydrogens is 350 g/mol. The summed E-state index contributed by atoms with van der Waals surface area (Å²) >= 11 is 0. The van der Waals surface area contributed by atoms with Gasteiger partial charge in [0.15, 0.2) is 0 Å². The summed E-state index contributed by atoms with van der Waals surface area (Å²) < 4.78 is 9.62. The zero-order valence-electron chi connectivity index (χ0n) is 16.7. The topological polar surface area (TPSA) is 63.2 Å². The van der Waals surface area contributed by atoms with E-state index in [2.05, 4.69) is 17.6 Å². The van der Waals surface area contributed by atoms with Crippen molar-refractivity contribution in [2.75, 3.05) is 6.61 Å². The number of hydrogen-bond acceptors (Lipinski definition) is 3. The Bertz CT molecular complexity index is 914. The minimum absolute atomic E-state index is 0.201. The number of aryl methyl sites for hydroxylation is 1. The lowest BCUT2D eigenvalue weighted by atomic mass is 10.1. The van der Waals surface area contributed by atoms with Crippen molar-refractivity contribution >= 4 is 11.0 Å². The van der Waals surface area contributed by atoms with Crippen LogP contribution in [0.1, 0.15) is 39.0 Å². The average molecular weight is 382 g/mol. The van der Waals surface area contributed by atoms with Gasteiger partial charge >= 0.3 is 0 Å². The van der Waals surface area contributed by atoms with E-state index in [1.165, 1.54) is 25.7 Å². The number of benzene rings is 2. The van der Waals surface area contributed by atoms with Gasteiger partial charge in [-0.2, -0.15) is 0 Å². The first-order valence-corrected chi connectivity index (χ1v) is 10.3. The predicted molar refractivity (Wildman–Crippen MR) is 112 cm³/mol. The molecule has 150 valence electrons. The first-order valence-electron chi connectivity index (χ1n) is 10.3. The lowest BCUT2D eigenvalue weighted by Gasteiger charge is -2.13. The second-order valence-electron chi connectivity index (χ2n) is 7.27. The van der Waals surface area contributed by atoms with Gasteiger partial charge in [0.1, 0.15) is 18.5 Å². The summed E-state index contributed by atoms with van der Waals surface area (Å²) in [5, 5.41) is 19.1. The fourth-order valence-corrected chi connectivity index (χ4v) is 3.55. The Labute approximate surface area is 166 Å². The van der Waals surface area contributed by atoms with Gasteiger partial charge in [0, 0.05) is 6.54 Å². The van der Waals surface area contributed by atoms with Gasteiger partial charge in [-0.15, -0.1) is 0 Å². The summed E-state index contributed by atoms with van der Waals surface area (Å²) in [5.41, 5.74) is 2.48. The third-order valence-electron chi connectivity index (χ3n) is 5.04. The summed E-state index contributed by atoms with van der Waals surface area (Å²) in [5.74, 6) is 0.743. The molecule has 1 heterocycles. The number of ether oxygens (including phenoxy) is 1. The molecule has 0 saturated carbocycles. The first kappa shape index (κ1) is 20.2. The third kappa shape index (κ3) is 5.04. The lowest BCUT2D eigenvalue weighted by molar-refractivity contribution is 0.0921. The number of aliphatic hydroxyl groups is 1. The van der Waals surface area contributed by atoms with Crippen LogP contribution in [0.3, 0.4) is 0 Å². The molecule has 5 nitrogen and oxygen atoms in total. The zero-order valence-corrected chi connectivity index (χ0v) is 16.7. The molecule has 0 aliphatic carbocycles. The Balaban J connectivity index is 1.70. The number of para-hydroxylation sites is 3. The summed E-state index contributed by atoms with van der Waals surface area (Å²) in [4.78, 5) is 0. The molecule has 28 heavy (non-hydrogen) atoms. The fraction of sp³-hybridized carbons (Fsp3) is 0.435. The predicted octanol–water partition coefficient (Wildman–Crippen LogP) is 4.33. The van der Waals surface area contributed by atoms with Gasteiger partial charge in [0.25, 0.3) is 0 Å². The maximum atomic E-state index is 10.5. The van der Waals surface area contributed by atoms with Gasteiger partial charge in [-0.05, 0) is 30.7 Å². The number of imidazole rings is 1. The van der Waals surface area contributed by atoms with E-state index in [1.807, 2.05) is 53.1 Å². The molecule has 2 N–H and O–H groups in total. The molecule has 0 aliphatic rings. The maximum absolute atomic E-state index is 10.5. The Kier molecular flexibility index (Phi) is 7.31. The number of hydrogen-bond donors (Lipinski definition) is 2. The molecule has 0 fully saturated rings. The molecule has 0 aliphatic heterocycles. The van der Waals surface area contributed by atoms with Crippen LogP contribution in [-0.2, 0) is 13.1 Å². The van der Waals surface area contributed by atoms with Crippen molar-refractivity contribution in [2.45, 2.75) is 58.2 Å². The summed E-state index contributed by atoms with van der Waals surface area (Å²) in [6.45, 7) is 3.60. The van der Waals surface area contributed by atoms with E-state index >= 15 is 0 Å². The minimum Gasteiger partial charge on any atom is -0.491 e. The van der Waals surface area contributed by atoms with Crippen molar-refractivity contribution in [1.82, 2.24) is 9.13 Å². The quantitative estimate of drug-likeness (QED) is 0.486. The second kappa shape index (κ2) is 10.1. The van der Waals surface area contributed by atoms with Gasteiger partial charge in [-0.3, -0.25) is 5.41 Å². The summed E-state index contributed by atoms with van der Waals surface area (Å²) in [7, 11) is 0. The highest BCUT2D eigenvalue weighted by Crippen LogP contribution is 2.15. The zero-order chi connectivity index (χ0) is 19.8. The van der Waals surface area contributed by atoms with Crippen LogP contribution < -0.4 is 10.4 Å². The van der Waals surface area contributed by atoms with Crippen LogP contribution in [0, 0.1) is 5.41 Å². The van der Waals surface area contributed by atoms with E-state index in [4.69, 9.17) is 10.1 Å².